The second kappa shape index (κ2) is 7.37. The van der Waals surface area contributed by atoms with Gasteiger partial charge in [-0.1, -0.05) is 30.3 Å². The number of rotatable bonds is 4. The number of ether oxygens (including phenoxy) is 1. The van der Waals surface area contributed by atoms with Crippen molar-refractivity contribution in [3.05, 3.63) is 59.8 Å². The van der Waals surface area contributed by atoms with Gasteiger partial charge in [-0.2, -0.15) is 11.8 Å². The Hall–Kier alpha value is -2.31. The second-order valence-corrected chi connectivity index (χ2v) is 8.01. The van der Waals surface area contributed by atoms with Crippen molar-refractivity contribution in [3.8, 4) is 5.75 Å². The Morgan fingerprint density at radius 2 is 1.74 bits per heavy atom. The minimum atomic E-state index is -1.24. The lowest BCUT2D eigenvalue weighted by Gasteiger charge is -2.30. The SMILES string of the molecule is COc1ccc(C(C)(O)c2nc(N3CCSCC3)nc3ccccc23)cc1. The van der Waals surface area contributed by atoms with Gasteiger partial charge in [-0.25, -0.2) is 9.97 Å². The number of aliphatic hydroxyl groups is 1. The van der Waals surface area contributed by atoms with Gasteiger partial charge in [0.1, 0.15) is 11.4 Å². The molecule has 0 aliphatic carbocycles. The molecule has 27 heavy (non-hydrogen) atoms. The van der Waals surface area contributed by atoms with Crippen molar-refractivity contribution >= 4 is 28.6 Å². The third kappa shape index (κ3) is 3.47. The van der Waals surface area contributed by atoms with E-state index in [1.54, 1.807) is 14.0 Å². The molecule has 0 amide bonds. The summed E-state index contributed by atoms with van der Waals surface area (Å²) in [7, 11) is 1.63. The zero-order chi connectivity index (χ0) is 18.9. The first-order valence-corrected chi connectivity index (χ1v) is 10.2. The number of para-hydroxylation sites is 1. The highest BCUT2D eigenvalue weighted by Gasteiger charge is 2.31. The Labute approximate surface area is 163 Å². The molecule has 1 unspecified atom stereocenters. The van der Waals surface area contributed by atoms with E-state index in [1.165, 1.54) is 0 Å². The van der Waals surface area contributed by atoms with Gasteiger partial charge in [-0.15, -0.1) is 0 Å². The van der Waals surface area contributed by atoms with Crippen LogP contribution in [0.15, 0.2) is 48.5 Å². The lowest BCUT2D eigenvalue weighted by atomic mass is 9.90. The van der Waals surface area contributed by atoms with Crippen molar-refractivity contribution in [1.29, 1.82) is 0 Å². The first-order chi connectivity index (χ1) is 13.1. The van der Waals surface area contributed by atoms with Crippen LogP contribution in [0.4, 0.5) is 5.95 Å². The molecule has 1 aliphatic heterocycles. The van der Waals surface area contributed by atoms with Crippen LogP contribution < -0.4 is 9.64 Å². The van der Waals surface area contributed by atoms with Crippen LogP contribution in [-0.4, -0.2) is 46.8 Å². The van der Waals surface area contributed by atoms with Crippen molar-refractivity contribution in [1.82, 2.24) is 9.97 Å². The van der Waals surface area contributed by atoms with Gasteiger partial charge < -0.3 is 14.7 Å². The predicted octanol–water partition coefficient (Wildman–Crippen LogP) is 3.45. The van der Waals surface area contributed by atoms with Crippen LogP contribution in [0.25, 0.3) is 10.9 Å². The van der Waals surface area contributed by atoms with Gasteiger partial charge in [0, 0.05) is 30.0 Å². The summed E-state index contributed by atoms with van der Waals surface area (Å²) in [4.78, 5) is 11.8. The van der Waals surface area contributed by atoms with Crippen LogP contribution in [0, 0.1) is 0 Å². The van der Waals surface area contributed by atoms with Crippen molar-refractivity contribution in [2.24, 2.45) is 0 Å². The molecule has 5 nitrogen and oxygen atoms in total. The van der Waals surface area contributed by atoms with Crippen molar-refractivity contribution in [2.75, 3.05) is 36.6 Å². The van der Waals surface area contributed by atoms with Gasteiger partial charge in [0.05, 0.1) is 18.3 Å². The van der Waals surface area contributed by atoms with Crippen LogP contribution in [0.5, 0.6) is 5.75 Å². The number of methoxy groups -OCH3 is 1. The summed E-state index contributed by atoms with van der Waals surface area (Å²) in [6.45, 7) is 3.64. The first kappa shape index (κ1) is 18.1. The van der Waals surface area contributed by atoms with Crippen molar-refractivity contribution in [2.45, 2.75) is 12.5 Å². The summed E-state index contributed by atoms with van der Waals surface area (Å²) >= 11 is 1.95. The molecule has 2 heterocycles. The van der Waals surface area contributed by atoms with Crippen molar-refractivity contribution < 1.29 is 9.84 Å². The smallest absolute Gasteiger partial charge is 0.226 e. The number of anilines is 1. The summed E-state index contributed by atoms with van der Waals surface area (Å²) < 4.78 is 5.24. The third-order valence-electron chi connectivity index (χ3n) is 5.00. The predicted molar refractivity (Wildman–Crippen MR) is 111 cm³/mol. The van der Waals surface area contributed by atoms with E-state index in [0.29, 0.717) is 11.6 Å². The average Bonchev–Trinajstić information content (AvgIpc) is 2.73. The number of nitrogens with zero attached hydrogens (tertiary/aromatic N) is 3. The first-order valence-electron chi connectivity index (χ1n) is 9.06. The lowest BCUT2D eigenvalue weighted by molar-refractivity contribution is 0.0991. The molecule has 0 spiro atoms. The number of benzene rings is 2. The molecule has 6 heteroatoms. The van der Waals surface area contributed by atoms with Gasteiger partial charge in [0.2, 0.25) is 5.95 Å². The molecule has 3 aromatic rings. The highest BCUT2D eigenvalue weighted by Crippen LogP contribution is 2.34. The molecule has 0 saturated carbocycles. The fraction of sp³-hybridized carbons (Fsp3) is 0.333. The van der Waals surface area contributed by atoms with E-state index < -0.39 is 5.60 Å². The molecule has 0 radical (unpaired) electrons. The van der Waals surface area contributed by atoms with E-state index in [1.807, 2.05) is 60.3 Å². The van der Waals surface area contributed by atoms with E-state index in [0.717, 1.165) is 46.8 Å². The molecule has 1 aliphatic rings. The van der Waals surface area contributed by atoms with E-state index >= 15 is 0 Å². The van der Waals surface area contributed by atoms with Gasteiger partial charge in [-0.3, -0.25) is 0 Å². The lowest BCUT2D eigenvalue weighted by Crippen LogP contribution is -2.35. The Morgan fingerprint density at radius 3 is 2.44 bits per heavy atom. The molecule has 2 aromatic carbocycles. The fourth-order valence-electron chi connectivity index (χ4n) is 3.39. The largest absolute Gasteiger partial charge is 0.497 e. The van der Waals surface area contributed by atoms with Crippen molar-refractivity contribution in [3.63, 3.8) is 0 Å². The number of aromatic nitrogens is 2. The summed E-state index contributed by atoms with van der Waals surface area (Å²) in [5.74, 6) is 3.59. The Morgan fingerprint density at radius 1 is 1.04 bits per heavy atom. The van der Waals surface area contributed by atoms with E-state index in [9.17, 15) is 5.11 Å². The van der Waals surface area contributed by atoms with E-state index in [4.69, 9.17) is 14.7 Å². The molecular formula is C21H23N3O2S. The zero-order valence-electron chi connectivity index (χ0n) is 15.6. The van der Waals surface area contributed by atoms with E-state index in [2.05, 4.69) is 4.90 Å². The molecule has 1 fully saturated rings. The highest BCUT2D eigenvalue weighted by molar-refractivity contribution is 7.99. The van der Waals surface area contributed by atoms with Crippen LogP contribution in [0.1, 0.15) is 18.2 Å². The molecule has 4 rings (SSSR count). The maximum Gasteiger partial charge on any atom is 0.226 e. The number of hydrogen-bond donors (Lipinski definition) is 1. The minimum absolute atomic E-state index is 0.631. The van der Waals surface area contributed by atoms with Gasteiger partial charge in [0.15, 0.2) is 0 Å². The molecule has 140 valence electrons. The maximum atomic E-state index is 11.5. The number of fused-ring (bicyclic) bond motifs is 1. The maximum absolute atomic E-state index is 11.5. The van der Waals surface area contributed by atoms with E-state index in [-0.39, 0.29) is 0 Å². The van der Waals surface area contributed by atoms with Gasteiger partial charge in [-0.05, 0) is 30.7 Å². The molecule has 1 saturated heterocycles. The quantitative estimate of drug-likeness (QED) is 0.747. The standard InChI is InChI=1S/C21H23N3O2S/c1-21(25,15-7-9-16(26-2)10-8-15)19-17-5-3-4-6-18(17)22-20(23-19)24-11-13-27-14-12-24/h3-10,25H,11-14H2,1-2H3. The van der Waals surface area contributed by atoms with Crippen LogP contribution >= 0.6 is 11.8 Å². The van der Waals surface area contributed by atoms with Crippen LogP contribution in [0.2, 0.25) is 0 Å². The Bertz CT molecular complexity index is 938. The summed E-state index contributed by atoms with van der Waals surface area (Å²) in [5, 5.41) is 12.4. The number of thioether (sulfide) groups is 1. The highest BCUT2D eigenvalue weighted by atomic mass is 32.2. The van der Waals surface area contributed by atoms with Gasteiger partial charge in [0.25, 0.3) is 0 Å². The molecule has 1 aromatic heterocycles. The average molecular weight is 382 g/mol. The molecule has 0 bridgehead atoms. The Balaban J connectivity index is 1.85. The summed E-state index contributed by atoms with van der Waals surface area (Å²) in [5.41, 5.74) is 1.01. The zero-order valence-corrected chi connectivity index (χ0v) is 16.4. The minimum Gasteiger partial charge on any atom is -0.497 e. The second-order valence-electron chi connectivity index (χ2n) is 6.79. The monoisotopic (exact) mass is 381 g/mol. The summed E-state index contributed by atoms with van der Waals surface area (Å²) in [6, 6.07) is 15.4. The summed E-state index contributed by atoms with van der Waals surface area (Å²) in [6.07, 6.45) is 0. The fourth-order valence-corrected chi connectivity index (χ4v) is 4.30. The normalized spacial score (nSPS) is 16.9. The number of hydrogen-bond acceptors (Lipinski definition) is 6. The third-order valence-corrected chi connectivity index (χ3v) is 5.94. The van der Waals surface area contributed by atoms with Crippen LogP contribution in [0.3, 0.4) is 0 Å². The van der Waals surface area contributed by atoms with Gasteiger partial charge >= 0.3 is 0 Å². The molecular weight excluding hydrogens is 358 g/mol. The Kier molecular flexibility index (Phi) is 4.93. The topological polar surface area (TPSA) is 58.5 Å². The molecule has 1 N–H and O–H groups in total. The molecule has 1 atom stereocenters. The van der Waals surface area contributed by atoms with Crippen LogP contribution in [-0.2, 0) is 5.60 Å².